The average Bonchev–Trinajstić information content (AvgIpc) is 2.78. The normalized spacial score (nSPS) is 10.8. The van der Waals surface area contributed by atoms with Gasteiger partial charge < -0.3 is 17.0 Å². The summed E-state index contributed by atoms with van der Waals surface area (Å²) in [5.74, 6) is 0.0894. The summed E-state index contributed by atoms with van der Waals surface area (Å²) in [7, 11) is 0. The van der Waals surface area contributed by atoms with E-state index in [0.717, 1.165) is 38.6 Å². The molecule has 0 aliphatic heterocycles. The maximum Gasteiger partial charge on any atom is 0.227 e. The van der Waals surface area contributed by atoms with Gasteiger partial charge in [0.2, 0.25) is 17.8 Å². The number of carbonyl (C=O) groups excluding carboxylic acids is 1. The number of ketones is 1. The first-order valence-electron chi connectivity index (χ1n) is 10.5. The number of halogens is 1. The van der Waals surface area contributed by atoms with E-state index in [0.29, 0.717) is 0 Å². The Balaban J connectivity index is 0.00000245. The summed E-state index contributed by atoms with van der Waals surface area (Å²) < 4.78 is 2.04. The van der Waals surface area contributed by atoms with Crippen LogP contribution in [0.2, 0.25) is 0 Å². The molecule has 32 heavy (non-hydrogen) atoms. The zero-order valence-electron chi connectivity index (χ0n) is 18.0. The van der Waals surface area contributed by atoms with Gasteiger partial charge in [-0.25, -0.2) is 4.98 Å². The molecule has 2 aromatic heterocycles. The zero-order valence-corrected chi connectivity index (χ0v) is 19.6. The third kappa shape index (κ3) is 4.32. The fourth-order valence-electron chi connectivity index (χ4n) is 4.04. The highest BCUT2D eigenvalue weighted by Crippen LogP contribution is 2.24. The number of hydrogen-bond donors (Lipinski definition) is 0. The molecule has 3 nitrogen and oxygen atoms in total. The van der Waals surface area contributed by atoms with Crippen molar-refractivity contribution in [2.24, 2.45) is 0 Å². The van der Waals surface area contributed by atoms with Crippen molar-refractivity contribution in [1.29, 1.82) is 0 Å². The maximum atomic E-state index is 12.9. The van der Waals surface area contributed by atoms with Crippen LogP contribution in [-0.2, 0) is 6.54 Å². The van der Waals surface area contributed by atoms with Crippen molar-refractivity contribution in [2.75, 3.05) is 0 Å². The highest BCUT2D eigenvalue weighted by atomic mass is 79.9. The van der Waals surface area contributed by atoms with Crippen LogP contribution in [0, 0.1) is 13.8 Å². The van der Waals surface area contributed by atoms with E-state index in [4.69, 9.17) is 4.98 Å². The Morgan fingerprint density at radius 1 is 0.812 bits per heavy atom. The quantitative estimate of drug-likeness (QED) is 0.291. The number of benzene rings is 3. The van der Waals surface area contributed by atoms with Gasteiger partial charge in [-0.15, -0.1) is 0 Å². The Labute approximate surface area is 198 Å². The predicted molar refractivity (Wildman–Crippen MR) is 125 cm³/mol. The van der Waals surface area contributed by atoms with Gasteiger partial charge in [-0.05, 0) is 44.2 Å². The lowest BCUT2D eigenvalue weighted by atomic mass is 10.0. The highest BCUT2D eigenvalue weighted by molar-refractivity contribution is 5.95. The van der Waals surface area contributed by atoms with Gasteiger partial charge in [0.15, 0.2) is 6.20 Å². The van der Waals surface area contributed by atoms with Crippen LogP contribution >= 0.6 is 0 Å². The molecule has 0 amide bonds. The molecule has 0 atom stereocenters. The van der Waals surface area contributed by atoms with Crippen molar-refractivity contribution in [3.05, 3.63) is 108 Å². The summed E-state index contributed by atoms with van der Waals surface area (Å²) in [5, 5.41) is 2.23. The van der Waals surface area contributed by atoms with Crippen LogP contribution in [0.5, 0.6) is 0 Å². The van der Waals surface area contributed by atoms with Crippen molar-refractivity contribution in [2.45, 2.75) is 20.4 Å². The topological polar surface area (TPSA) is 33.8 Å². The van der Waals surface area contributed by atoms with Crippen LogP contribution in [0.4, 0.5) is 0 Å². The van der Waals surface area contributed by atoms with Crippen molar-refractivity contribution in [3.63, 3.8) is 0 Å². The Kier molecular flexibility index (Phi) is 6.15. The van der Waals surface area contributed by atoms with Gasteiger partial charge in [0.05, 0.1) is 16.8 Å². The van der Waals surface area contributed by atoms with Gasteiger partial charge in [0.1, 0.15) is 0 Å². The summed E-state index contributed by atoms with van der Waals surface area (Å²) >= 11 is 0. The molecule has 0 fully saturated rings. The van der Waals surface area contributed by atoms with E-state index in [1.54, 1.807) is 0 Å². The maximum absolute atomic E-state index is 12.9. The molecular weight excluding hydrogens is 460 g/mol. The van der Waals surface area contributed by atoms with Crippen LogP contribution in [-0.4, -0.2) is 10.8 Å². The van der Waals surface area contributed by atoms with Gasteiger partial charge in [-0.2, -0.15) is 4.57 Å². The Morgan fingerprint density at radius 2 is 1.53 bits per heavy atom. The monoisotopic (exact) mass is 482 g/mol. The molecule has 0 bridgehead atoms. The van der Waals surface area contributed by atoms with Gasteiger partial charge in [0, 0.05) is 22.4 Å². The third-order valence-electron chi connectivity index (χ3n) is 5.65. The molecular formula is C28H23BrN2O. The summed E-state index contributed by atoms with van der Waals surface area (Å²) in [4.78, 5) is 17.8. The molecule has 2 heterocycles. The number of rotatable bonds is 4. The van der Waals surface area contributed by atoms with E-state index < -0.39 is 0 Å². The Bertz CT molecular complexity index is 1440. The highest BCUT2D eigenvalue weighted by Gasteiger charge is 2.18. The first kappa shape index (κ1) is 21.8. The van der Waals surface area contributed by atoms with Gasteiger partial charge >= 0.3 is 0 Å². The molecule has 5 rings (SSSR count). The summed E-state index contributed by atoms with van der Waals surface area (Å²) in [5.41, 5.74) is 7.05. The van der Waals surface area contributed by atoms with Gasteiger partial charge in [-0.3, -0.25) is 4.79 Å². The number of pyridine rings is 2. The largest absolute Gasteiger partial charge is 1.00 e. The Morgan fingerprint density at radius 3 is 2.31 bits per heavy atom. The van der Waals surface area contributed by atoms with Crippen molar-refractivity contribution >= 4 is 27.6 Å². The van der Waals surface area contributed by atoms with Crippen LogP contribution in [0.3, 0.4) is 0 Å². The second-order valence-electron chi connectivity index (χ2n) is 8.10. The minimum absolute atomic E-state index is 0. The fourth-order valence-corrected chi connectivity index (χ4v) is 4.04. The SMILES string of the molecule is Cc1ccc2nc(-c3cc4cc(C)ccc4[n+](CC(=O)c4ccccc4)c3)ccc2c1.[Br-]. The van der Waals surface area contributed by atoms with Crippen molar-refractivity contribution in [3.8, 4) is 11.3 Å². The number of aryl methyl sites for hydroxylation is 2. The van der Waals surface area contributed by atoms with Gasteiger partial charge in [-0.1, -0.05) is 59.7 Å². The third-order valence-corrected chi connectivity index (χ3v) is 5.65. The summed E-state index contributed by atoms with van der Waals surface area (Å²) in [6.45, 7) is 4.46. The summed E-state index contributed by atoms with van der Waals surface area (Å²) in [6.07, 6.45) is 2.04. The smallest absolute Gasteiger partial charge is 0.227 e. The minimum Gasteiger partial charge on any atom is -1.00 e. The number of carbonyl (C=O) groups is 1. The number of aromatic nitrogens is 2. The molecule has 0 saturated heterocycles. The van der Waals surface area contributed by atoms with Crippen LogP contribution in [0.1, 0.15) is 21.5 Å². The van der Waals surface area contributed by atoms with E-state index in [9.17, 15) is 4.79 Å². The fraction of sp³-hybridized carbons (Fsp3) is 0.107. The molecule has 0 N–H and O–H groups in total. The molecule has 5 aromatic rings. The van der Waals surface area contributed by atoms with E-state index in [-0.39, 0.29) is 29.3 Å². The molecule has 0 spiro atoms. The number of hydrogen-bond acceptors (Lipinski definition) is 2. The lowest BCUT2D eigenvalue weighted by molar-refractivity contribution is -0.656. The molecule has 4 heteroatoms. The lowest BCUT2D eigenvalue weighted by Gasteiger charge is -2.07. The van der Waals surface area contributed by atoms with E-state index >= 15 is 0 Å². The van der Waals surface area contributed by atoms with Gasteiger partial charge in [0.25, 0.3) is 0 Å². The second kappa shape index (κ2) is 9.01. The van der Waals surface area contributed by atoms with E-state index in [1.165, 1.54) is 11.1 Å². The average molecular weight is 483 g/mol. The molecule has 0 saturated carbocycles. The van der Waals surface area contributed by atoms with Crippen LogP contribution < -0.4 is 21.5 Å². The molecule has 0 radical (unpaired) electrons. The molecule has 0 unspecified atom stereocenters. The standard InChI is InChI=1S/C28H23N2O.BrH/c1-19-8-11-25-22(14-19)10-12-26(29-25)24-16-23-15-20(2)9-13-27(23)30(17-24)18-28(31)21-6-4-3-5-7-21;/h3-17H,18H2,1-2H3;1H/q+1;/p-1. The lowest BCUT2D eigenvalue weighted by Crippen LogP contribution is -3.00. The molecule has 3 aromatic carbocycles. The Hall–Kier alpha value is -3.37. The summed E-state index contributed by atoms with van der Waals surface area (Å²) in [6, 6.07) is 28.4. The van der Waals surface area contributed by atoms with Crippen molar-refractivity contribution < 1.29 is 26.3 Å². The number of Topliss-reactive ketones (excluding diaryl/α,β-unsaturated/α-hetero) is 1. The second-order valence-corrected chi connectivity index (χ2v) is 8.10. The first-order valence-corrected chi connectivity index (χ1v) is 10.5. The number of nitrogens with zero attached hydrogens (tertiary/aromatic N) is 2. The predicted octanol–water partition coefficient (Wildman–Crippen LogP) is 2.85. The van der Waals surface area contributed by atoms with Crippen molar-refractivity contribution in [1.82, 2.24) is 4.98 Å². The molecule has 158 valence electrons. The number of fused-ring (bicyclic) bond motifs is 2. The van der Waals surface area contributed by atoms with Crippen LogP contribution in [0.25, 0.3) is 33.1 Å². The van der Waals surface area contributed by atoms with E-state index in [2.05, 4.69) is 68.4 Å². The molecule has 0 aliphatic rings. The van der Waals surface area contributed by atoms with E-state index in [1.807, 2.05) is 41.1 Å². The first-order chi connectivity index (χ1) is 15.1. The molecule has 0 aliphatic carbocycles. The minimum atomic E-state index is 0. The van der Waals surface area contributed by atoms with Crippen LogP contribution in [0.15, 0.2) is 91.1 Å². The zero-order chi connectivity index (χ0) is 21.4.